The van der Waals surface area contributed by atoms with E-state index in [2.05, 4.69) is 22.4 Å². The van der Waals surface area contributed by atoms with Gasteiger partial charge in [-0.15, -0.1) is 0 Å². The summed E-state index contributed by atoms with van der Waals surface area (Å²) in [6.07, 6.45) is 0.369. The summed E-state index contributed by atoms with van der Waals surface area (Å²) in [4.78, 5) is 4.56. The summed E-state index contributed by atoms with van der Waals surface area (Å²) in [5, 5.41) is 4.36. The molecule has 0 spiro atoms. The van der Waals surface area contributed by atoms with Gasteiger partial charge in [-0.1, -0.05) is 24.3 Å². The fourth-order valence-corrected chi connectivity index (χ4v) is 1.77. The molecule has 2 aromatic rings. The van der Waals surface area contributed by atoms with E-state index in [1.54, 1.807) is 0 Å². The van der Waals surface area contributed by atoms with Gasteiger partial charge in [0.15, 0.2) is 0 Å². The SMILES string of the molecule is c1ccc2nc(COC3CNC3)ccc2c1. The average Bonchev–Trinajstić information content (AvgIpc) is 2.27. The lowest BCUT2D eigenvalue weighted by molar-refractivity contribution is 0.00617. The molecule has 3 rings (SSSR count). The summed E-state index contributed by atoms with van der Waals surface area (Å²) in [6, 6.07) is 12.3. The Morgan fingerprint density at radius 2 is 2.06 bits per heavy atom. The molecule has 0 radical (unpaired) electrons. The van der Waals surface area contributed by atoms with Crippen molar-refractivity contribution in [1.82, 2.24) is 10.3 Å². The number of nitrogens with one attached hydrogen (secondary N) is 1. The fraction of sp³-hybridized carbons (Fsp3) is 0.308. The smallest absolute Gasteiger partial charge is 0.0893 e. The maximum absolute atomic E-state index is 5.69. The highest BCUT2D eigenvalue weighted by Crippen LogP contribution is 2.13. The number of ether oxygens (including phenoxy) is 1. The summed E-state index contributed by atoms with van der Waals surface area (Å²) >= 11 is 0. The van der Waals surface area contributed by atoms with E-state index in [-0.39, 0.29) is 0 Å². The van der Waals surface area contributed by atoms with Crippen LogP contribution in [0, 0.1) is 0 Å². The molecular weight excluding hydrogens is 200 g/mol. The van der Waals surface area contributed by atoms with Crippen molar-refractivity contribution in [3.63, 3.8) is 0 Å². The van der Waals surface area contributed by atoms with Crippen LogP contribution < -0.4 is 5.32 Å². The zero-order valence-electron chi connectivity index (χ0n) is 9.02. The highest BCUT2D eigenvalue weighted by atomic mass is 16.5. The van der Waals surface area contributed by atoms with Crippen LogP contribution in [0.25, 0.3) is 10.9 Å². The van der Waals surface area contributed by atoms with Crippen molar-refractivity contribution in [1.29, 1.82) is 0 Å². The summed E-state index contributed by atoms with van der Waals surface area (Å²) in [5.41, 5.74) is 2.04. The molecule has 1 saturated heterocycles. The number of hydrogen-bond acceptors (Lipinski definition) is 3. The molecule has 1 N–H and O–H groups in total. The molecule has 0 bridgehead atoms. The van der Waals surface area contributed by atoms with Gasteiger partial charge in [-0.25, -0.2) is 0 Å². The fourth-order valence-electron chi connectivity index (χ4n) is 1.77. The summed E-state index contributed by atoms with van der Waals surface area (Å²) < 4.78 is 5.69. The number of aromatic nitrogens is 1. The van der Waals surface area contributed by atoms with Crippen LogP contribution in [0.4, 0.5) is 0 Å². The molecule has 0 unspecified atom stereocenters. The minimum Gasteiger partial charge on any atom is -0.369 e. The molecule has 2 heterocycles. The van der Waals surface area contributed by atoms with Gasteiger partial charge in [-0.2, -0.15) is 0 Å². The monoisotopic (exact) mass is 214 g/mol. The zero-order chi connectivity index (χ0) is 10.8. The van der Waals surface area contributed by atoms with Crippen LogP contribution in [-0.4, -0.2) is 24.2 Å². The summed E-state index contributed by atoms with van der Waals surface area (Å²) in [6.45, 7) is 2.54. The molecule has 16 heavy (non-hydrogen) atoms. The molecule has 1 aliphatic rings. The lowest BCUT2D eigenvalue weighted by Gasteiger charge is -2.26. The second-order valence-corrected chi connectivity index (χ2v) is 4.09. The number of fused-ring (bicyclic) bond motifs is 1. The Morgan fingerprint density at radius 3 is 2.88 bits per heavy atom. The Hall–Kier alpha value is -1.45. The molecule has 1 aromatic heterocycles. The van der Waals surface area contributed by atoms with Crippen molar-refractivity contribution in [3.8, 4) is 0 Å². The van der Waals surface area contributed by atoms with E-state index in [9.17, 15) is 0 Å². The Kier molecular flexibility index (Phi) is 2.56. The maximum atomic E-state index is 5.69. The van der Waals surface area contributed by atoms with Crippen LogP contribution in [0.5, 0.6) is 0 Å². The van der Waals surface area contributed by atoms with Crippen LogP contribution in [0.2, 0.25) is 0 Å². The number of hydrogen-bond donors (Lipinski definition) is 1. The Bertz CT molecular complexity index is 494. The van der Waals surface area contributed by atoms with Gasteiger partial charge in [-0.05, 0) is 12.1 Å². The number of pyridine rings is 1. The third-order valence-corrected chi connectivity index (χ3v) is 2.87. The largest absolute Gasteiger partial charge is 0.369 e. The average molecular weight is 214 g/mol. The summed E-state index contributed by atoms with van der Waals surface area (Å²) in [5.74, 6) is 0. The lowest BCUT2D eigenvalue weighted by atomic mass is 10.2. The lowest BCUT2D eigenvalue weighted by Crippen LogP contribution is -2.48. The Balaban J connectivity index is 1.76. The molecule has 82 valence electrons. The molecular formula is C13H14N2O. The van der Waals surface area contributed by atoms with E-state index in [1.165, 1.54) is 5.39 Å². The highest BCUT2D eigenvalue weighted by Gasteiger charge is 2.16. The molecule has 1 fully saturated rings. The van der Waals surface area contributed by atoms with E-state index >= 15 is 0 Å². The first-order chi connectivity index (χ1) is 7.92. The van der Waals surface area contributed by atoms with Gasteiger partial charge in [0.05, 0.1) is 23.9 Å². The Morgan fingerprint density at radius 1 is 1.19 bits per heavy atom. The van der Waals surface area contributed by atoms with Crippen LogP contribution in [-0.2, 0) is 11.3 Å². The van der Waals surface area contributed by atoms with Gasteiger partial charge in [0.25, 0.3) is 0 Å². The zero-order valence-corrected chi connectivity index (χ0v) is 9.02. The minimum absolute atomic E-state index is 0.369. The van der Waals surface area contributed by atoms with E-state index in [0.717, 1.165) is 24.3 Å². The van der Waals surface area contributed by atoms with Crippen molar-refractivity contribution in [3.05, 3.63) is 42.1 Å². The molecule has 0 saturated carbocycles. The maximum Gasteiger partial charge on any atom is 0.0893 e. The van der Waals surface area contributed by atoms with Crippen molar-refractivity contribution in [2.24, 2.45) is 0 Å². The predicted octanol–water partition coefficient (Wildman–Crippen LogP) is 1.72. The predicted molar refractivity (Wildman–Crippen MR) is 63.2 cm³/mol. The van der Waals surface area contributed by atoms with Gasteiger partial charge in [0.1, 0.15) is 0 Å². The van der Waals surface area contributed by atoms with Gasteiger partial charge >= 0.3 is 0 Å². The molecule has 1 aromatic carbocycles. The van der Waals surface area contributed by atoms with Gasteiger partial charge in [0, 0.05) is 18.5 Å². The molecule has 1 aliphatic heterocycles. The quantitative estimate of drug-likeness (QED) is 0.844. The minimum atomic E-state index is 0.369. The molecule has 0 amide bonds. The first kappa shape index (κ1) is 9.75. The topological polar surface area (TPSA) is 34.1 Å². The van der Waals surface area contributed by atoms with Crippen LogP contribution in [0.1, 0.15) is 5.69 Å². The standard InChI is InChI=1S/C13H14N2O/c1-2-4-13-10(3-1)5-6-11(15-13)9-16-12-7-14-8-12/h1-6,12,14H,7-9H2. The molecule has 3 heteroatoms. The number of benzene rings is 1. The first-order valence-corrected chi connectivity index (χ1v) is 5.59. The van der Waals surface area contributed by atoms with Gasteiger partial charge in [0.2, 0.25) is 0 Å². The first-order valence-electron chi connectivity index (χ1n) is 5.59. The normalized spacial score (nSPS) is 16.2. The van der Waals surface area contributed by atoms with E-state index in [4.69, 9.17) is 4.74 Å². The molecule has 0 aliphatic carbocycles. The Labute approximate surface area is 94.5 Å². The third kappa shape index (κ3) is 1.92. The van der Waals surface area contributed by atoms with Crippen LogP contribution >= 0.6 is 0 Å². The van der Waals surface area contributed by atoms with Crippen LogP contribution in [0.15, 0.2) is 36.4 Å². The van der Waals surface area contributed by atoms with Gasteiger partial charge < -0.3 is 10.1 Å². The second-order valence-electron chi connectivity index (χ2n) is 4.09. The summed E-state index contributed by atoms with van der Waals surface area (Å²) in [7, 11) is 0. The number of rotatable bonds is 3. The number of para-hydroxylation sites is 1. The number of nitrogens with zero attached hydrogens (tertiary/aromatic N) is 1. The van der Waals surface area contributed by atoms with Crippen molar-refractivity contribution in [2.75, 3.05) is 13.1 Å². The van der Waals surface area contributed by atoms with Gasteiger partial charge in [-0.3, -0.25) is 4.98 Å². The third-order valence-electron chi connectivity index (χ3n) is 2.87. The van der Waals surface area contributed by atoms with Crippen molar-refractivity contribution < 1.29 is 4.74 Å². The van der Waals surface area contributed by atoms with E-state index < -0.39 is 0 Å². The van der Waals surface area contributed by atoms with E-state index in [1.807, 2.05) is 24.3 Å². The van der Waals surface area contributed by atoms with E-state index in [0.29, 0.717) is 12.7 Å². The highest BCUT2D eigenvalue weighted by molar-refractivity contribution is 5.78. The van der Waals surface area contributed by atoms with Crippen LogP contribution in [0.3, 0.4) is 0 Å². The molecule has 3 nitrogen and oxygen atoms in total. The second kappa shape index (κ2) is 4.20. The van der Waals surface area contributed by atoms with Crippen molar-refractivity contribution in [2.45, 2.75) is 12.7 Å². The van der Waals surface area contributed by atoms with Crippen molar-refractivity contribution >= 4 is 10.9 Å². The molecule has 0 atom stereocenters.